The van der Waals surface area contributed by atoms with Crippen LogP contribution in [-0.2, 0) is 0 Å². The maximum absolute atomic E-state index is 4.82. The van der Waals surface area contributed by atoms with E-state index in [0.29, 0.717) is 0 Å². The Balaban J connectivity index is 1.17. The first-order valence-electron chi connectivity index (χ1n) is 13.2. The predicted molar refractivity (Wildman–Crippen MR) is 170 cm³/mol. The molecular formula is C34H27N3SSi. The Morgan fingerprint density at radius 3 is 2.15 bits per heavy atom. The van der Waals surface area contributed by atoms with E-state index in [9.17, 15) is 0 Å². The molecule has 4 heterocycles. The second-order valence-corrected chi connectivity index (χ2v) is 17.2. The Labute approximate surface area is 232 Å². The Morgan fingerprint density at radius 2 is 1.36 bits per heavy atom. The first-order valence-corrected chi connectivity index (χ1v) is 17.5. The van der Waals surface area contributed by atoms with Crippen molar-refractivity contribution in [2.24, 2.45) is 0 Å². The third-order valence-electron chi connectivity index (χ3n) is 7.41. The lowest BCUT2D eigenvalue weighted by atomic mass is 10.0. The van der Waals surface area contributed by atoms with Crippen LogP contribution in [-0.4, -0.2) is 23.0 Å². The molecule has 4 aromatic heterocycles. The summed E-state index contributed by atoms with van der Waals surface area (Å²) in [5.41, 5.74) is 7.63. The summed E-state index contributed by atoms with van der Waals surface area (Å²) >= 11 is 1.73. The van der Waals surface area contributed by atoms with Crippen molar-refractivity contribution in [2.75, 3.05) is 0 Å². The molecule has 3 aromatic carbocycles. The van der Waals surface area contributed by atoms with Crippen molar-refractivity contribution in [1.29, 1.82) is 0 Å². The molecule has 39 heavy (non-hydrogen) atoms. The van der Waals surface area contributed by atoms with Gasteiger partial charge in [0.15, 0.2) is 0 Å². The molecule has 188 valence electrons. The van der Waals surface area contributed by atoms with Gasteiger partial charge in [-0.15, -0.1) is 11.3 Å². The lowest BCUT2D eigenvalue weighted by Crippen LogP contribution is -2.37. The smallest absolute Gasteiger partial charge is 0.124 e. The van der Waals surface area contributed by atoms with Gasteiger partial charge in [-0.3, -0.25) is 9.97 Å². The summed E-state index contributed by atoms with van der Waals surface area (Å²) in [4.78, 5) is 15.2. The van der Waals surface area contributed by atoms with Crippen LogP contribution in [0, 0.1) is 0 Å². The van der Waals surface area contributed by atoms with E-state index in [-0.39, 0.29) is 0 Å². The molecule has 0 unspecified atom stereocenters. The molecule has 3 nitrogen and oxygen atoms in total. The lowest BCUT2D eigenvalue weighted by Gasteiger charge is -2.16. The van der Waals surface area contributed by atoms with Gasteiger partial charge in [0.05, 0.1) is 19.3 Å². The van der Waals surface area contributed by atoms with Crippen LogP contribution in [0.15, 0.2) is 110 Å². The highest BCUT2D eigenvalue weighted by Gasteiger charge is 2.16. The number of hydrogen-bond donors (Lipinski definition) is 0. The van der Waals surface area contributed by atoms with Gasteiger partial charge in [-0.25, -0.2) is 4.98 Å². The van der Waals surface area contributed by atoms with E-state index in [4.69, 9.17) is 9.97 Å². The molecule has 0 saturated carbocycles. The molecule has 7 rings (SSSR count). The molecule has 0 fully saturated rings. The molecule has 7 aromatic rings. The summed E-state index contributed by atoms with van der Waals surface area (Å²) in [6.07, 6.45) is 5.75. The highest BCUT2D eigenvalue weighted by molar-refractivity contribution is 7.25. The third kappa shape index (κ3) is 4.44. The molecule has 0 radical (unpaired) electrons. The van der Waals surface area contributed by atoms with Crippen molar-refractivity contribution < 1.29 is 0 Å². The standard InChI is InChI=1S/C34H27N3SSi/c1-39(2,3)28-12-8-22(9-13-28)23-6-7-24-17-27(21-37-32(24)19-23)26-10-14-31(36-20-26)25-11-15-33-30(18-25)29-5-4-16-35-34(29)38-33/h4-21H,1-3H3. The number of nitrogens with zero attached hydrogens (tertiary/aromatic N) is 3. The quantitative estimate of drug-likeness (QED) is 0.210. The van der Waals surface area contributed by atoms with E-state index in [1.807, 2.05) is 24.7 Å². The minimum atomic E-state index is -1.30. The highest BCUT2D eigenvalue weighted by Crippen LogP contribution is 2.35. The van der Waals surface area contributed by atoms with Crippen LogP contribution in [0.1, 0.15) is 0 Å². The first kappa shape index (κ1) is 23.9. The maximum Gasteiger partial charge on any atom is 0.124 e. The predicted octanol–water partition coefficient (Wildman–Crippen LogP) is 8.94. The monoisotopic (exact) mass is 537 g/mol. The lowest BCUT2D eigenvalue weighted by molar-refractivity contribution is 1.32. The number of rotatable bonds is 4. The number of fused-ring (bicyclic) bond motifs is 4. The van der Waals surface area contributed by atoms with Gasteiger partial charge in [-0.05, 0) is 53.6 Å². The molecule has 0 aliphatic carbocycles. The van der Waals surface area contributed by atoms with E-state index in [1.54, 1.807) is 11.3 Å². The van der Waals surface area contributed by atoms with Crippen molar-refractivity contribution in [3.8, 4) is 33.5 Å². The van der Waals surface area contributed by atoms with Gasteiger partial charge in [0, 0.05) is 56.1 Å². The van der Waals surface area contributed by atoms with E-state index in [2.05, 4.69) is 110 Å². The zero-order valence-electron chi connectivity index (χ0n) is 22.1. The summed E-state index contributed by atoms with van der Waals surface area (Å²) < 4.78 is 1.25. The van der Waals surface area contributed by atoms with Gasteiger partial charge < -0.3 is 0 Å². The summed E-state index contributed by atoms with van der Waals surface area (Å²) in [6.45, 7) is 7.14. The maximum atomic E-state index is 4.82. The molecule has 0 atom stereocenters. The van der Waals surface area contributed by atoms with Crippen LogP contribution in [0.3, 0.4) is 0 Å². The second kappa shape index (κ2) is 9.22. The zero-order chi connectivity index (χ0) is 26.6. The van der Waals surface area contributed by atoms with Crippen LogP contribution in [0.25, 0.3) is 64.7 Å². The Hall–Kier alpha value is -4.19. The SMILES string of the molecule is C[Si](C)(C)c1ccc(-c2ccc3cc(-c4ccc(-c5ccc6sc7ncccc7c6c5)nc4)cnc3c2)cc1. The molecule has 0 spiro atoms. The van der Waals surface area contributed by atoms with Crippen LogP contribution in [0.2, 0.25) is 19.6 Å². The van der Waals surface area contributed by atoms with Crippen molar-refractivity contribution in [1.82, 2.24) is 15.0 Å². The number of pyridine rings is 3. The van der Waals surface area contributed by atoms with E-state index < -0.39 is 8.07 Å². The Morgan fingerprint density at radius 1 is 0.590 bits per heavy atom. The molecule has 5 heteroatoms. The molecule has 0 amide bonds. The van der Waals surface area contributed by atoms with E-state index in [1.165, 1.54) is 31.8 Å². The van der Waals surface area contributed by atoms with Crippen molar-refractivity contribution in [2.45, 2.75) is 19.6 Å². The number of benzene rings is 3. The largest absolute Gasteiger partial charge is 0.256 e. The topological polar surface area (TPSA) is 38.7 Å². The summed E-state index contributed by atoms with van der Waals surface area (Å²) in [6, 6.07) is 32.7. The van der Waals surface area contributed by atoms with Crippen LogP contribution in [0.4, 0.5) is 0 Å². The first-order chi connectivity index (χ1) is 18.9. The average molecular weight is 538 g/mol. The molecule has 0 aliphatic rings. The van der Waals surface area contributed by atoms with Crippen LogP contribution < -0.4 is 5.19 Å². The molecule has 0 saturated heterocycles. The Bertz CT molecular complexity index is 1990. The van der Waals surface area contributed by atoms with E-state index in [0.717, 1.165) is 38.1 Å². The van der Waals surface area contributed by atoms with Gasteiger partial charge in [-0.2, -0.15) is 0 Å². The molecular weight excluding hydrogens is 511 g/mol. The van der Waals surface area contributed by atoms with Crippen molar-refractivity contribution in [3.05, 3.63) is 110 Å². The summed E-state index contributed by atoms with van der Waals surface area (Å²) in [7, 11) is -1.30. The van der Waals surface area contributed by atoms with E-state index >= 15 is 0 Å². The fraction of sp³-hybridized carbons (Fsp3) is 0.0882. The highest BCUT2D eigenvalue weighted by atomic mass is 32.1. The second-order valence-electron chi connectivity index (χ2n) is 11.1. The summed E-state index contributed by atoms with van der Waals surface area (Å²) in [5, 5.41) is 5.04. The fourth-order valence-corrected chi connectivity index (χ4v) is 7.32. The molecule has 0 bridgehead atoms. The van der Waals surface area contributed by atoms with Crippen molar-refractivity contribution >= 4 is 55.8 Å². The average Bonchev–Trinajstić information content (AvgIpc) is 3.34. The fourth-order valence-electron chi connectivity index (χ4n) is 5.13. The van der Waals surface area contributed by atoms with Gasteiger partial charge in [-0.1, -0.05) is 73.4 Å². The minimum absolute atomic E-state index is 0.961. The number of aromatic nitrogens is 3. The van der Waals surface area contributed by atoms with Crippen LogP contribution >= 0.6 is 11.3 Å². The van der Waals surface area contributed by atoms with Crippen LogP contribution in [0.5, 0.6) is 0 Å². The number of hydrogen-bond acceptors (Lipinski definition) is 4. The van der Waals surface area contributed by atoms with Gasteiger partial charge in [0.25, 0.3) is 0 Å². The minimum Gasteiger partial charge on any atom is -0.256 e. The number of thiophene rings is 1. The Kier molecular flexibility index (Phi) is 5.65. The van der Waals surface area contributed by atoms with Gasteiger partial charge >= 0.3 is 0 Å². The third-order valence-corrected chi connectivity index (χ3v) is 10.6. The molecule has 0 aliphatic heterocycles. The van der Waals surface area contributed by atoms with Crippen molar-refractivity contribution in [3.63, 3.8) is 0 Å². The molecule has 0 N–H and O–H groups in total. The zero-order valence-corrected chi connectivity index (χ0v) is 24.0. The van der Waals surface area contributed by atoms with Gasteiger partial charge in [0.2, 0.25) is 0 Å². The summed E-state index contributed by atoms with van der Waals surface area (Å²) in [5.74, 6) is 0. The van der Waals surface area contributed by atoms with Gasteiger partial charge in [0.1, 0.15) is 4.83 Å². The normalized spacial score (nSPS) is 12.0.